The van der Waals surface area contributed by atoms with Crippen LogP contribution in [0.25, 0.3) is 22.0 Å². The molecule has 1 unspecified atom stereocenters. The van der Waals surface area contributed by atoms with Crippen molar-refractivity contribution in [3.05, 3.63) is 40.6 Å². The van der Waals surface area contributed by atoms with E-state index in [9.17, 15) is 0 Å². The average molecular weight is 429 g/mol. The minimum absolute atomic E-state index is 0.474. The molecule has 152 valence electrons. The number of nitrogens with zero attached hydrogens (tertiary/aromatic N) is 3. The van der Waals surface area contributed by atoms with Gasteiger partial charge in [-0.15, -0.1) is 0 Å². The summed E-state index contributed by atoms with van der Waals surface area (Å²) < 4.78 is 0. The maximum absolute atomic E-state index is 6.59. The van der Waals surface area contributed by atoms with E-state index in [1.807, 2.05) is 24.5 Å². The van der Waals surface area contributed by atoms with Crippen LogP contribution in [0.4, 0.5) is 5.82 Å². The van der Waals surface area contributed by atoms with Gasteiger partial charge in [0.2, 0.25) is 0 Å². The smallest absolute Gasteiger partial charge is 0.130 e. The van der Waals surface area contributed by atoms with Gasteiger partial charge in [0, 0.05) is 29.7 Å². The van der Waals surface area contributed by atoms with Crippen LogP contribution in [-0.4, -0.2) is 27.8 Å². The van der Waals surface area contributed by atoms with E-state index in [0.717, 1.165) is 46.2 Å². The number of hydrogen-bond donors (Lipinski definition) is 1. The van der Waals surface area contributed by atoms with Gasteiger partial charge >= 0.3 is 0 Å². The number of aromatic amines is 1. The van der Waals surface area contributed by atoms with Gasteiger partial charge in [-0.3, -0.25) is 5.10 Å². The third-order valence-electron chi connectivity index (χ3n) is 6.89. The van der Waals surface area contributed by atoms with Gasteiger partial charge < -0.3 is 4.90 Å². The number of H-pyrrole nitrogens is 1. The number of halogens is 2. The van der Waals surface area contributed by atoms with Crippen LogP contribution in [0.5, 0.6) is 0 Å². The van der Waals surface area contributed by atoms with Crippen molar-refractivity contribution in [1.82, 2.24) is 15.2 Å². The highest BCUT2D eigenvalue weighted by Gasteiger charge is 2.35. The van der Waals surface area contributed by atoms with Gasteiger partial charge in [0.1, 0.15) is 5.82 Å². The van der Waals surface area contributed by atoms with Crippen molar-refractivity contribution in [2.45, 2.75) is 51.5 Å². The van der Waals surface area contributed by atoms with Gasteiger partial charge in [0.05, 0.1) is 21.8 Å². The Morgan fingerprint density at radius 1 is 1.10 bits per heavy atom. The predicted octanol–water partition coefficient (Wildman–Crippen LogP) is 6.73. The SMILES string of the molecule is C[C@@H]1CC(C2CCCCC2)CN1c1cc(-c2cn[nH]c2)c2ccc(Cl)c(Cl)c2n1. The Morgan fingerprint density at radius 3 is 2.69 bits per heavy atom. The maximum Gasteiger partial charge on any atom is 0.130 e. The Kier molecular flexibility index (Phi) is 5.17. The molecule has 6 heteroatoms. The van der Waals surface area contributed by atoms with Gasteiger partial charge in [-0.1, -0.05) is 61.4 Å². The number of rotatable bonds is 3. The van der Waals surface area contributed by atoms with Crippen LogP contribution in [0.15, 0.2) is 30.6 Å². The molecule has 3 aromatic rings. The van der Waals surface area contributed by atoms with E-state index < -0.39 is 0 Å². The fraction of sp³-hybridized carbons (Fsp3) is 0.478. The summed E-state index contributed by atoms with van der Waals surface area (Å²) in [5.74, 6) is 2.61. The molecule has 1 saturated carbocycles. The van der Waals surface area contributed by atoms with Crippen molar-refractivity contribution in [1.29, 1.82) is 0 Å². The van der Waals surface area contributed by atoms with Crippen molar-refractivity contribution < 1.29 is 0 Å². The van der Waals surface area contributed by atoms with E-state index in [4.69, 9.17) is 28.2 Å². The fourth-order valence-electron chi connectivity index (χ4n) is 5.34. The number of benzene rings is 1. The van der Waals surface area contributed by atoms with E-state index in [1.54, 1.807) is 0 Å². The zero-order valence-corrected chi connectivity index (χ0v) is 18.2. The molecule has 1 aromatic carbocycles. The van der Waals surface area contributed by atoms with E-state index >= 15 is 0 Å². The molecule has 29 heavy (non-hydrogen) atoms. The Balaban J connectivity index is 1.57. The zero-order valence-electron chi connectivity index (χ0n) is 16.7. The highest BCUT2D eigenvalue weighted by molar-refractivity contribution is 6.45. The molecule has 2 fully saturated rings. The van der Waals surface area contributed by atoms with Crippen LogP contribution in [0.3, 0.4) is 0 Å². The summed E-state index contributed by atoms with van der Waals surface area (Å²) in [7, 11) is 0. The standard InChI is InChI=1S/C23H26Cl2N4/c1-14-9-16(15-5-3-2-4-6-15)13-29(14)21-10-19(17-11-26-27-12-17)18-7-8-20(24)22(25)23(18)28-21/h7-8,10-12,14-16H,2-6,9,13H2,1H3,(H,26,27)/t14-,16?/m1/s1. The summed E-state index contributed by atoms with van der Waals surface area (Å²) in [4.78, 5) is 7.47. The van der Waals surface area contributed by atoms with Crippen LogP contribution in [0, 0.1) is 11.8 Å². The number of pyridine rings is 1. The van der Waals surface area contributed by atoms with Gasteiger partial charge in [-0.2, -0.15) is 5.10 Å². The normalized spacial score (nSPS) is 23.2. The monoisotopic (exact) mass is 428 g/mol. The second-order valence-corrected chi connectivity index (χ2v) is 9.45. The molecule has 1 aliphatic heterocycles. The highest BCUT2D eigenvalue weighted by atomic mass is 35.5. The molecule has 0 radical (unpaired) electrons. The quantitative estimate of drug-likeness (QED) is 0.502. The van der Waals surface area contributed by atoms with Gasteiger partial charge in [-0.05, 0) is 42.9 Å². The number of anilines is 1. The first kappa shape index (κ1) is 19.2. The molecule has 2 atom stereocenters. The maximum atomic E-state index is 6.59. The van der Waals surface area contributed by atoms with Gasteiger partial charge in [0.15, 0.2) is 0 Å². The fourth-order valence-corrected chi connectivity index (χ4v) is 5.70. The lowest BCUT2D eigenvalue weighted by Crippen LogP contribution is -2.28. The predicted molar refractivity (Wildman–Crippen MR) is 121 cm³/mol. The zero-order chi connectivity index (χ0) is 20.0. The molecular weight excluding hydrogens is 403 g/mol. The van der Waals surface area contributed by atoms with E-state index in [2.05, 4.69) is 28.1 Å². The molecule has 3 heterocycles. The number of fused-ring (bicyclic) bond motifs is 1. The summed E-state index contributed by atoms with van der Waals surface area (Å²) in [6.45, 7) is 3.40. The third-order valence-corrected chi connectivity index (χ3v) is 7.68. The van der Waals surface area contributed by atoms with Gasteiger partial charge in [0.25, 0.3) is 0 Å². The molecule has 1 aliphatic carbocycles. The van der Waals surface area contributed by atoms with Crippen molar-refractivity contribution >= 4 is 39.9 Å². The number of nitrogens with one attached hydrogen (secondary N) is 1. The van der Waals surface area contributed by atoms with Crippen molar-refractivity contribution in [3.63, 3.8) is 0 Å². The lowest BCUT2D eigenvalue weighted by Gasteiger charge is -2.28. The average Bonchev–Trinajstić information content (AvgIpc) is 3.41. The first-order valence-electron chi connectivity index (χ1n) is 10.7. The Bertz CT molecular complexity index is 1010. The minimum Gasteiger partial charge on any atom is -0.354 e. The van der Waals surface area contributed by atoms with E-state index in [0.29, 0.717) is 16.1 Å². The van der Waals surface area contributed by atoms with Crippen LogP contribution in [-0.2, 0) is 0 Å². The first-order chi connectivity index (χ1) is 14.1. The second-order valence-electron chi connectivity index (χ2n) is 8.67. The summed E-state index contributed by atoms with van der Waals surface area (Å²) >= 11 is 12.9. The molecule has 5 rings (SSSR count). The molecule has 2 aromatic heterocycles. The number of aromatic nitrogens is 3. The Morgan fingerprint density at radius 2 is 1.93 bits per heavy atom. The minimum atomic E-state index is 0.474. The molecule has 0 bridgehead atoms. The van der Waals surface area contributed by atoms with Crippen molar-refractivity contribution in [2.24, 2.45) is 11.8 Å². The highest BCUT2D eigenvalue weighted by Crippen LogP contribution is 2.42. The lowest BCUT2D eigenvalue weighted by molar-refractivity contribution is 0.261. The molecule has 0 amide bonds. The molecule has 1 saturated heterocycles. The van der Waals surface area contributed by atoms with E-state index in [1.165, 1.54) is 38.5 Å². The summed E-state index contributed by atoms with van der Waals surface area (Å²) in [5.41, 5.74) is 2.89. The first-order valence-corrected chi connectivity index (χ1v) is 11.4. The van der Waals surface area contributed by atoms with Crippen molar-refractivity contribution in [2.75, 3.05) is 11.4 Å². The summed E-state index contributed by atoms with van der Waals surface area (Å²) in [6.07, 6.45) is 12.0. The second kappa shape index (κ2) is 7.81. The third kappa shape index (κ3) is 3.51. The molecule has 2 aliphatic rings. The summed E-state index contributed by atoms with van der Waals surface area (Å²) in [5, 5.41) is 9.12. The molecule has 4 nitrogen and oxygen atoms in total. The van der Waals surface area contributed by atoms with Crippen LogP contribution in [0.2, 0.25) is 10.0 Å². The van der Waals surface area contributed by atoms with Crippen LogP contribution >= 0.6 is 23.2 Å². The lowest BCUT2D eigenvalue weighted by atomic mass is 9.79. The molecule has 0 spiro atoms. The Hall–Kier alpha value is -1.78. The molecular formula is C23H26Cl2N4. The molecule has 1 N–H and O–H groups in total. The van der Waals surface area contributed by atoms with Crippen molar-refractivity contribution in [3.8, 4) is 11.1 Å². The van der Waals surface area contributed by atoms with Crippen LogP contribution < -0.4 is 4.90 Å². The van der Waals surface area contributed by atoms with Crippen LogP contribution in [0.1, 0.15) is 45.4 Å². The van der Waals surface area contributed by atoms with E-state index in [-0.39, 0.29) is 0 Å². The number of hydrogen-bond acceptors (Lipinski definition) is 3. The topological polar surface area (TPSA) is 44.8 Å². The largest absolute Gasteiger partial charge is 0.354 e. The van der Waals surface area contributed by atoms with Gasteiger partial charge in [-0.25, -0.2) is 4.98 Å². The summed E-state index contributed by atoms with van der Waals surface area (Å²) in [6, 6.07) is 6.51. The Labute approximate surface area is 181 Å².